The monoisotopic (exact) mass is 344 g/mol. The Bertz CT molecular complexity index is 837. The number of nitrogens with zero attached hydrogens (tertiary/aromatic N) is 3. The molecule has 124 valence electrons. The molecule has 0 radical (unpaired) electrons. The van der Waals surface area contributed by atoms with Crippen molar-refractivity contribution in [1.82, 2.24) is 15.0 Å². The van der Waals surface area contributed by atoms with Crippen LogP contribution in [0.2, 0.25) is 0 Å². The van der Waals surface area contributed by atoms with Crippen molar-refractivity contribution < 1.29 is 9.13 Å². The summed E-state index contributed by atoms with van der Waals surface area (Å²) in [4.78, 5) is 13.2. The SMILES string of the molecule is COCc1nc(CNc2ncc(C)c(-c3ccccc3F)n2)cs1. The summed E-state index contributed by atoms with van der Waals surface area (Å²) in [6.45, 7) is 2.87. The summed E-state index contributed by atoms with van der Waals surface area (Å²) in [5.41, 5.74) is 2.77. The largest absolute Gasteiger partial charge is 0.378 e. The summed E-state index contributed by atoms with van der Waals surface area (Å²) in [5, 5.41) is 6.02. The van der Waals surface area contributed by atoms with Crippen molar-refractivity contribution in [2.75, 3.05) is 12.4 Å². The number of benzene rings is 1. The Balaban J connectivity index is 1.77. The Morgan fingerprint density at radius 2 is 2.08 bits per heavy atom. The molecule has 0 bridgehead atoms. The lowest BCUT2D eigenvalue weighted by atomic mass is 10.1. The maximum Gasteiger partial charge on any atom is 0.223 e. The van der Waals surface area contributed by atoms with Gasteiger partial charge in [-0.3, -0.25) is 0 Å². The molecule has 0 spiro atoms. The molecular formula is C17H17FN4OS. The van der Waals surface area contributed by atoms with Crippen LogP contribution in [0.25, 0.3) is 11.3 Å². The molecule has 0 amide bonds. The van der Waals surface area contributed by atoms with Gasteiger partial charge in [-0.1, -0.05) is 12.1 Å². The number of halogens is 1. The van der Waals surface area contributed by atoms with E-state index in [2.05, 4.69) is 20.3 Å². The molecule has 1 N–H and O–H groups in total. The first kappa shape index (κ1) is 16.5. The summed E-state index contributed by atoms with van der Waals surface area (Å²) in [6.07, 6.45) is 1.69. The highest BCUT2D eigenvalue weighted by molar-refractivity contribution is 7.09. The van der Waals surface area contributed by atoms with E-state index >= 15 is 0 Å². The molecule has 2 heterocycles. The minimum absolute atomic E-state index is 0.297. The van der Waals surface area contributed by atoms with Crippen LogP contribution in [-0.2, 0) is 17.9 Å². The van der Waals surface area contributed by atoms with Gasteiger partial charge < -0.3 is 10.1 Å². The molecule has 0 unspecified atom stereocenters. The molecule has 0 saturated heterocycles. The normalized spacial score (nSPS) is 10.8. The lowest BCUT2D eigenvalue weighted by Crippen LogP contribution is -2.06. The molecule has 0 aliphatic heterocycles. The number of aryl methyl sites for hydroxylation is 1. The Morgan fingerprint density at radius 3 is 2.88 bits per heavy atom. The maximum atomic E-state index is 14.0. The second-order valence-corrected chi connectivity index (χ2v) is 6.17. The van der Waals surface area contributed by atoms with E-state index in [1.165, 1.54) is 6.07 Å². The van der Waals surface area contributed by atoms with Gasteiger partial charge >= 0.3 is 0 Å². The summed E-state index contributed by atoms with van der Waals surface area (Å²) in [5.74, 6) is 0.147. The minimum atomic E-state index is -0.297. The molecule has 7 heteroatoms. The molecule has 0 aliphatic rings. The number of anilines is 1. The van der Waals surface area contributed by atoms with E-state index in [-0.39, 0.29) is 5.82 Å². The Morgan fingerprint density at radius 1 is 1.25 bits per heavy atom. The summed E-state index contributed by atoms with van der Waals surface area (Å²) < 4.78 is 19.1. The zero-order chi connectivity index (χ0) is 16.9. The lowest BCUT2D eigenvalue weighted by Gasteiger charge is -2.09. The number of hydrogen-bond donors (Lipinski definition) is 1. The molecule has 5 nitrogen and oxygen atoms in total. The van der Waals surface area contributed by atoms with Crippen molar-refractivity contribution in [2.45, 2.75) is 20.1 Å². The van der Waals surface area contributed by atoms with Crippen molar-refractivity contribution in [3.63, 3.8) is 0 Å². The predicted molar refractivity (Wildman–Crippen MR) is 92.3 cm³/mol. The van der Waals surface area contributed by atoms with Crippen LogP contribution in [0.3, 0.4) is 0 Å². The highest BCUT2D eigenvalue weighted by Gasteiger charge is 2.11. The van der Waals surface area contributed by atoms with Gasteiger partial charge in [0.15, 0.2) is 0 Å². The van der Waals surface area contributed by atoms with Crippen molar-refractivity contribution in [3.05, 3.63) is 57.9 Å². The van der Waals surface area contributed by atoms with Gasteiger partial charge in [0.1, 0.15) is 10.8 Å². The van der Waals surface area contributed by atoms with Gasteiger partial charge in [-0.15, -0.1) is 11.3 Å². The van der Waals surface area contributed by atoms with Gasteiger partial charge in [0.25, 0.3) is 0 Å². The third-order valence-electron chi connectivity index (χ3n) is 3.40. The fourth-order valence-corrected chi connectivity index (χ4v) is 3.01. The van der Waals surface area contributed by atoms with Crippen molar-refractivity contribution >= 4 is 17.3 Å². The van der Waals surface area contributed by atoms with E-state index in [9.17, 15) is 4.39 Å². The summed E-state index contributed by atoms with van der Waals surface area (Å²) >= 11 is 1.55. The molecule has 3 rings (SSSR count). The second kappa shape index (κ2) is 7.46. The highest BCUT2D eigenvalue weighted by atomic mass is 32.1. The number of aromatic nitrogens is 3. The topological polar surface area (TPSA) is 59.9 Å². The lowest BCUT2D eigenvalue weighted by molar-refractivity contribution is 0.184. The first-order valence-corrected chi connectivity index (χ1v) is 8.30. The van der Waals surface area contributed by atoms with Crippen LogP contribution in [0.1, 0.15) is 16.3 Å². The number of hydrogen-bond acceptors (Lipinski definition) is 6. The Kier molecular flexibility index (Phi) is 5.12. The fraction of sp³-hybridized carbons (Fsp3) is 0.235. The van der Waals surface area contributed by atoms with E-state index in [4.69, 9.17) is 4.74 Å². The predicted octanol–water partition coefficient (Wildman–Crippen LogP) is 3.81. The van der Waals surface area contributed by atoms with Gasteiger partial charge in [-0.05, 0) is 24.6 Å². The second-order valence-electron chi connectivity index (χ2n) is 5.22. The van der Waals surface area contributed by atoms with Crippen molar-refractivity contribution in [1.29, 1.82) is 0 Å². The van der Waals surface area contributed by atoms with Gasteiger partial charge in [0.2, 0.25) is 5.95 Å². The van der Waals surface area contributed by atoms with Crippen LogP contribution in [-0.4, -0.2) is 22.1 Å². The third kappa shape index (κ3) is 3.74. The number of nitrogens with one attached hydrogen (secondary N) is 1. The fourth-order valence-electron chi connectivity index (χ4n) is 2.24. The van der Waals surface area contributed by atoms with Gasteiger partial charge in [-0.25, -0.2) is 19.3 Å². The molecule has 0 aliphatic carbocycles. The number of ether oxygens (including phenoxy) is 1. The third-order valence-corrected chi connectivity index (χ3v) is 4.27. The van der Waals surface area contributed by atoms with Crippen LogP contribution < -0.4 is 5.32 Å². The molecule has 0 saturated carbocycles. The number of methoxy groups -OCH3 is 1. The molecular weight excluding hydrogens is 327 g/mol. The summed E-state index contributed by atoms with van der Waals surface area (Å²) in [6, 6.07) is 6.59. The van der Waals surface area contributed by atoms with E-state index in [0.29, 0.717) is 30.4 Å². The zero-order valence-electron chi connectivity index (χ0n) is 13.4. The Hall–Kier alpha value is -2.38. The molecule has 0 atom stereocenters. The average molecular weight is 344 g/mol. The van der Waals surface area contributed by atoms with E-state index in [0.717, 1.165) is 16.3 Å². The van der Waals surface area contributed by atoms with Crippen molar-refractivity contribution in [3.8, 4) is 11.3 Å². The minimum Gasteiger partial charge on any atom is -0.378 e. The van der Waals surface area contributed by atoms with Crippen LogP contribution in [0.5, 0.6) is 0 Å². The first-order chi connectivity index (χ1) is 11.7. The smallest absolute Gasteiger partial charge is 0.223 e. The molecule has 1 aromatic carbocycles. The van der Waals surface area contributed by atoms with Crippen LogP contribution in [0, 0.1) is 12.7 Å². The molecule has 2 aromatic heterocycles. The molecule has 24 heavy (non-hydrogen) atoms. The van der Waals surface area contributed by atoms with Gasteiger partial charge in [0, 0.05) is 24.3 Å². The first-order valence-electron chi connectivity index (χ1n) is 7.42. The quantitative estimate of drug-likeness (QED) is 0.737. The van der Waals surface area contributed by atoms with Gasteiger partial charge in [-0.2, -0.15) is 0 Å². The van der Waals surface area contributed by atoms with E-state index in [1.807, 2.05) is 12.3 Å². The molecule has 3 aromatic rings. The molecule has 0 fully saturated rings. The number of thiazole rings is 1. The Labute approximate surface area is 143 Å². The number of rotatable bonds is 6. The van der Waals surface area contributed by atoms with Gasteiger partial charge in [0.05, 0.1) is 24.5 Å². The van der Waals surface area contributed by atoms with E-state index < -0.39 is 0 Å². The maximum absolute atomic E-state index is 14.0. The van der Waals surface area contributed by atoms with Crippen LogP contribution in [0.15, 0.2) is 35.8 Å². The standard InChI is InChI=1S/C17H17FN4OS/c1-11-7-19-17(20-8-12-10-24-15(21-12)9-23-2)22-16(11)13-5-3-4-6-14(13)18/h3-7,10H,8-9H2,1-2H3,(H,19,20,22). The zero-order valence-corrected chi connectivity index (χ0v) is 14.2. The average Bonchev–Trinajstić information content (AvgIpc) is 3.03. The van der Waals surface area contributed by atoms with E-state index in [1.54, 1.807) is 42.8 Å². The highest BCUT2D eigenvalue weighted by Crippen LogP contribution is 2.24. The van der Waals surface area contributed by atoms with Crippen molar-refractivity contribution in [2.24, 2.45) is 0 Å². The van der Waals surface area contributed by atoms with Crippen LogP contribution >= 0.6 is 11.3 Å². The van der Waals surface area contributed by atoms with Crippen LogP contribution in [0.4, 0.5) is 10.3 Å². The summed E-state index contributed by atoms with van der Waals surface area (Å²) in [7, 11) is 1.64.